The Hall–Kier alpha value is -5.26. The van der Waals surface area contributed by atoms with Gasteiger partial charge < -0.3 is 19.6 Å². The van der Waals surface area contributed by atoms with Gasteiger partial charge in [-0.15, -0.1) is 0 Å². The van der Waals surface area contributed by atoms with Crippen LogP contribution in [0, 0.1) is 0 Å². The Morgan fingerprint density at radius 3 is 2.22 bits per heavy atom. The van der Waals surface area contributed by atoms with Crippen LogP contribution in [0.2, 0.25) is 0 Å². The summed E-state index contributed by atoms with van der Waals surface area (Å²) in [6.07, 6.45) is 3.84. The van der Waals surface area contributed by atoms with Gasteiger partial charge in [0.15, 0.2) is 0 Å². The smallest absolute Gasteiger partial charge is 0.335 e. The Balaban J connectivity index is 1.36. The second kappa shape index (κ2) is 12.4. The minimum atomic E-state index is -2.48. The van der Waals surface area contributed by atoms with Crippen molar-refractivity contribution in [1.82, 2.24) is 14.9 Å². The van der Waals surface area contributed by atoms with Crippen molar-refractivity contribution in [3.63, 3.8) is 0 Å². The van der Waals surface area contributed by atoms with E-state index in [4.69, 9.17) is 0 Å². The number of fused-ring (bicyclic) bond motifs is 1. The van der Waals surface area contributed by atoms with Crippen molar-refractivity contribution in [2.45, 2.75) is 13.1 Å². The molecule has 1 amide bonds. The quantitative estimate of drug-likeness (QED) is 0.167. The fourth-order valence-electron chi connectivity index (χ4n) is 5.38. The Labute approximate surface area is 261 Å². The number of aromatic carboxylic acids is 1. The standard InChI is InChI=1S/C37H32N3O4P/c1-45(2,44)32-10-6-9-29(20-32)31-19-30-17-18-40(24-26-13-16-34(38-23-26)27-7-4-3-5-8-27)35(30)33(21-31)36(41)39-22-25-11-14-28(15-12-25)37(42)43/h3-21,23H,22,24H2,1-2H3,(H,39,41)(H,42,43). The number of pyridine rings is 1. The van der Waals surface area contributed by atoms with E-state index in [9.17, 15) is 19.3 Å². The zero-order valence-corrected chi connectivity index (χ0v) is 25.9. The second-order valence-corrected chi connectivity index (χ2v) is 14.6. The van der Waals surface area contributed by atoms with Crippen LogP contribution in [0.3, 0.4) is 0 Å². The second-order valence-electron chi connectivity index (χ2n) is 11.4. The maximum absolute atomic E-state index is 13.8. The summed E-state index contributed by atoms with van der Waals surface area (Å²) in [6.45, 7) is 4.25. The zero-order valence-electron chi connectivity index (χ0n) is 25.0. The molecule has 224 valence electrons. The van der Waals surface area contributed by atoms with Crippen LogP contribution in [0.15, 0.2) is 122 Å². The normalized spacial score (nSPS) is 11.4. The summed E-state index contributed by atoms with van der Waals surface area (Å²) in [7, 11) is -2.48. The van der Waals surface area contributed by atoms with Gasteiger partial charge in [0.1, 0.15) is 7.14 Å². The van der Waals surface area contributed by atoms with Crippen molar-refractivity contribution < 1.29 is 19.3 Å². The number of aromatic nitrogens is 2. The Kier molecular flexibility index (Phi) is 8.20. The summed E-state index contributed by atoms with van der Waals surface area (Å²) in [4.78, 5) is 29.8. The summed E-state index contributed by atoms with van der Waals surface area (Å²) < 4.78 is 14.9. The van der Waals surface area contributed by atoms with E-state index in [-0.39, 0.29) is 18.0 Å². The van der Waals surface area contributed by atoms with Gasteiger partial charge in [0, 0.05) is 41.7 Å². The van der Waals surface area contributed by atoms with E-state index in [1.165, 1.54) is 12.1 Å². The number of nitrogens with one attached hydrogen (secondary N) is 1. The predicted molar refractivity (Wildman–Crippen MR) is 180 cm³/mol. The van der Waals surface area contributed by atoms with Gasteiger partial charge in [-0.05, 0) is 78.0 Å². The van der Waals surface area contributed by atoms with Crippen LogP contribution >= 0.6 is 7.14 Å². The zero-order chi connectivity index (χ0) is 31.6. The molecule has 0 saturated carbocycles. The van der Waals surface area contributed by atoms with E-state index in [0.717, 1.165) is 49.7 Å². The third-order valence-electron chi connectivity index (χ3n) is 7.81. The third-order valence-corrected chi connectivity index (χ3v) is 9.33. The molecule has 0 atom stereocenters. The molecule has 8 heteroatoms. The maximum Gasteiger partial charge on any atom is 0.335 e. The number of benzene rings is 4. The number of carboxylic acids is 1. The van der Waals surface area contributed by atoms with E-state index in [1.54, 1.807) is 25.5 Å². The molecule has 6 aromatic rings. The van der Waals surface area contributed by atoms with Crippen molar-refractivity contribution in [3.8, 4) is 22.4 Å². The number of carbonyl (C=O) groups excluding carboxylic acids is 1. The fourth-order valence-corrected chi connectivity index (χ4v) is 6.27. The predicted octanol–water partition coefficient (Wildman–Crippen LogP) is 7.29. The minimum Gasteiger partial charge on any atom is -0.478 e. The largest absolute Gasteiger partial charge is 0.478 e. The number of hydrogen-bond donors (Lipinski definition) is 2. The van der Waals surface area contributed by atoms with Gasteiger partial charge in [-0.25, -0.2) is 4.79 Å². The van der Waals surface area contributed by atoms with Crippen molar-refractivity contribution >= 4 is 35.2 Å². The molecule has 0 aliphatic heterocycles. The summed E-state index contributed by atoms with van der Waals surface area (Å²) in [5.74, 6) is -1.25. The highest BCUT2D eigenvalue weighted by atomic mass is 31.2. The lowest BCUT2D eigenvalue weighted by Crippen LogP contribution is -2.23. The average molecular weight is 614 g/mol. The highest BCUT2D eigenvalue weighted by molar-refractivity contribution is 7.70. The molecule has 0 radical (unpaired) electrons. The lowest BCUT2D eigenvalue weighted by Gasteiger charge is -2.14. The SMILES string of the molecule is CP(C)(=O)c1cccc(-c2cc(C(=O)NCc3ccc(C(=O)O)cc3)c3c(ccn3Cc3ccc(-c4ccccc4)nc3)c2)c1. The minimum absolute atomic E-state index is 0.189. The molecule has 0 unspecified atom stereocenters. The van der Waals surface area contributed by atoms with Gasteiger partial charge in [0.25, 0.3) is 5.91 Å². The molecule has 2 N–H and O–H groups in total. The van der Waals surface area contributed by atoms with Crippen molar-refractivity contribution in [2.75, 3.05) is 13.3 Å². The number of carboxylic acid groups (broad SMARTS) is 1. The van der Waals surface area contributed by atoms with Crippen LogP contribution in [0.1, 0.15) is 31.8 Å². The van der Waals surface area contributed by atoms with Crippen LogP contribution in [0.4, 0.5) is 0 Å². The number of hydrogen-bond acceptors (Lipinski definition) is 4. The fraction of sp³-hybridized carbons (Fsp3) is 0.108. The lowest BCUT2D eigenvalue weighted by atomic mass is 9.99. The van der Waals surface area contributed by atoms with E-state index >= 15 is 0 Å². The number of rotatable bonds is 9. The van der Waals surface area contributed by atoms with Gasteiger partial charge in [-0.1, -0.05) is 66.7 Å². The molecule has 0 aliphatic rings. The first-order valence-corrected chi connectivity index (χ1v) is 17.2. The van der Waals surface area contributed by atoms with Crippen LogP contribution < -0.4 is 10.6 Å². The van der Waals surface area contributed by atoms with Gasteiger partial charge in [-0.2, -0.15) is 0 Å². The Morgan fingerprint density at radius 2 is 1.53 bits per heavy atom. The molecular formula is C37H32N3O4P. The summed E-state index contributed by atoms with van der Waals surface area (Å²) >= 11 is 0. The number of carbonyl (C=O) groups is 2. The summed E-state index contributed by atoms with van der Waals surface area (Å²) in [5.41, 5.74) is 6.93. The van der Waals surface area contributed by atoms with E-state index in [2.05, 4.69) is 27.0 Å². The van der Waals surface area contributed by atoms with Crippen molar-refractivity contribution in [2.24, 2.45) is 0 Å². The van der Waals surface area contributed by atoms with Crippen LogP contribution in [0.25, 0.3) is 33.3 Å². The highest BCUT2D eigenvalue weighted by Crippen LogP contribution is 2.36. The molecule has 0 saturated heterocycles. The van der Waals surface area contributed by atoms with E-state index in [1.807, 2.05) is 85.2 Å². The molecule has 0 aliphatic carbocycles. The number of amides is 1. The molecule has 4 aromatic carbocycles. The topological polar surface area (TPSA) is 101 Å². The Bertz CT molecular complexity index is 2060. The first-order valence-electron chi connectivity index (χ1n) is 14.6. The first-order chi connectivity index (χ1) is 21.7. The van der Waals surface area contributed by atoms with Gasteiger partial charge in [0.2, 0.25) is 0 Å². The molecule has 7 nitrogen and oxygen atoms in total. The van der Waals surface area contributed by atoms with Crippen molar-refractivity contribution in [1.29, 1.82) is 0 Å². The molecule has 2 aromatic heterocycles. The maximum atomic E-state index is 13.8. The summed E-state index contributed by atoms with van der Waals surface area (Å²) in [5, 5.41) is 13.9. The molecule has 0 fully saturated rings. The monoisotopic (exact) mass is 613 g/mol. The van der Waals surface area contributed by atoms with E-state index < -0.39 is 13.1 Å². The third kappa shape index (κ3) is 6.64. The van der Waals surface area contributed by atoms with E-state index in [0.29, 0.717) is 12.1 Å². The molecule has 6 rings (SSSR count). The van der Waals surface area contributed by atoms with Gasteiger partial charge in [-0.3, -0.25) is 9.78 Å². The van der Waals surface area contributed by atoms with Crippen molar-refractivity contribution in [3.05, 3.63) is 144 Å². The van der Waals surface area contributed by atoms with Gasteiger partial charge >= 0.3 is 5.97 Å². The molecule has 2 heterocycles. The molecule has 0 spiro atoms. The van der Waals surface area contributed by atoms with Crippen LogP contribution in [0.5, 0.6) is 0 Å². The lowest BCUT2D eigenvalue weighted by molar-refractivity contribution is 0.0696. The first kappa shape index (κ1) is 29.8. The molecule has 0 bridgehead atoms. The molecular weight excluding hydrogens is 581 g/mol. The van der Waals surface area contributed by atoms with Crippen LogP contribution in [-0.4, -0.2) is 39.9 Å². The van der Waals surface area contributed by atoms with Crippen LogP contribution in [-0.2, 0) is 17.7 Å². The average Bonchev–Trinajstić information content (AvgIpc) is 3.46. The number of nitrogens with zero attached hydrogens (tertiary/aromatic N) is 2. The molecule has 45 heavy (non-hydrogen) atoms. The summed E-state index contributed by atoms with van der Waals surface area (Å²) in [6, 6.07) is 34.1. The van der Waals surface area contributed by atoms with Gasteiger partial charge in [0.05, 0.1) is 22.3 Å². The highest BCUT2D eigenvalue weighted by Gasteiger charge is 2.18. The Morgan fingerprint density at radius 1 is 0.800 bits per heavy atom.